The van der Waals surface area contributed by atoms with Crippen molar-refractivity contribution in [2.24, 2.45) is 5.92 Å². The SMILES string of the molecule is Cc1csc2c(N3CCC(C(O)c4ncc[nH]4)CC3)ncnc12. The Bertz CT molecular complexity index is 792. The number of nitrogens with one attached hydrogen (secondary N) is 1. The van der Waals surface area contributed by atoms with Crippen LogP contribution in [0, 0.1) is 12.8 Å². The minimum absolute atomic E-state index is 0.236. The first kappa shape index (κ1) is 14.6. The van der Waals surface area contributed by atoms with Crippen LogP contribution in [0.25, 0.3) is 10.2 Å². The third-order valence-corrected chi connectivity index (χ3v) is 5.68. The number of H-pyrrole nitrogens is 1. The van der Waals surface area contributed by atoms with Gasteiger partial charge in [-0.1, -0.05) is 0 Å². The van der Waals surface area contributed by atoms with E-state index in [1.165, 1.54) is 5.56 Å². The number of anilines is 1. The Kier molecular flexibility index (Phi) is 3.74. The van der Waals surface area contributed by atoms with E-state index in [-0.39, 0.29) is 5.92 Å². The Hall–Kier alpha value is -1.99. The van der Waals surface area contributed by atoms with Crippen LogP contribution in [0.1, 0.15) is 30.3 Å². The first-order chi connectivity index (χ1) is 11.2. The summed E-state index contributed by atoms with van der Waals surface area (Å²) in [5.41, 5.74) is 2.26. The van der Waals surface area contributed by atoms with Gasteiger partial charge in [-0.2, -0.15) is 0 Å². The van der Waals surface area contributed by atoms with Crippen LogP contribution in [0.2, 0.25) is 0 Å². The van der Waals surface area contributed by atoms with E-state index in [9.17, 15) is 5.11 Å². The lowest BCUT2D eigenvalue weighted by Gasteiger charge is -2.34. The van der Waals surface area contributed by atoms with Gasteiger partial charge < -0.3 is 15.0 Å². The summed E-state index contributed by atoms with van der Waals surface area (Å²) in [4.78, 5) is 18.4. The summed E-state index contributed by atoms with van der Waals surface area (Å²) in [7, 11) is 0. The van der Waals surface area contributed by atoms with Crippen LogP contribution in [0.15, 0.2) is 24.1 Å². The Morgan fingerprint density at radius 3 is 2.87 bits per heavy atom. The monoisotopic (exact) mass is 329 g/mol. The lowest BCUT2D eigenvalue weighted by Crippen LogP contribution is -2.36. The van der Waals surface area contributed by atoms with E-state index in [1.54, 1.807) is 30.1 Å². The van der Waals surface area contributed by atoms with E-state index in [0.717, 1.165) is 42.0 Å². The third kappa shape index (κ3) is 2.60. The zero-order valence-electron chi connectivity index (χ0n) is 12.9. The van der Waals surface area contributed by atoms with Gasteiger partial charge in [0.05, 0.1) is 10.2 Å². The number of nitrogens with zero attached hydrogens (tertiary/aromatic N) is 4. The summed E-state index contributed by atoms with van der Waals surface area (Å²) in [5, 5.41) is 12.6. The van der Waals surface area contributed by atoms with E-state index in [1.807, 2.05) is 0 Å². The van der Waals surface area contributed by atoms with Crippen molar-refractivity contribution in [1.82, 2.24) is 19.9 Å². The van der Waals surface area contributed by atoms with Gasteiger partial charge in [-0.3, -0.25) is 0 Å². The van der Waals surface area contributed by atoms with E-state index >= 15 is 0 Å². The number of thiophene rings is 1. The van der Waals surface area contributed by atoms with Crippen molar-refractivity contribution in [2.45, 2.75) is 25.9 Å². The maximum atomic E-state index is 10.4. The molecule has 1 atom stereocenters. The summed E-state index contributed by atoms with van der Waals surface area (Å²) in [6, 6.07) is 0. The maximum absolute atomic E-state index is 10.4. The highest BCUT2D eigenvalue weighted by atomic mass is 32.1. The molecule has 0 bridgehead atoms. The molecule has 120 valence electrons. The van der Waals surface area contributed by atoms with Crippen LogP contribution < -0.4 is 4.90 Å². The summed E-state index contributed by atoms with van der Waals surface area (Å²) in [6.07, 6.45) is 6.44. The number of piperidine rings is 1. The topological polar surface area (TPSA) is 77.9 Å². The lowest BCUT2D eigenvalue weighted by atomic mass is 9.91. The number of hydrogen-bond acceptors (Lipinski definition) is 6. The minimum atomic E-state index is -0.512. The molecule has 0 amide bonds. The molecule has 1 fully saturated rings. The summed E-state index contributed by atoms with van der Waals surface area (Å²) in [6.45, 7) is 3.87. The van der Waals surface area contributed by atoms with Crippen LogP contribution in [0.3, 0.4) is 0 Å². The molecule has 3 aromatic rings. The number of imidazole rings is 1. The van der Waals surface area contributed by atoms with Gasteiger partial charge in [0.25, 0.3) is 0 Å². The lowest BCUT2D eigenvalue weighted by molar-refractivity contribution is 0.0856. The highest BCUT2D eigenvalue weighted by Gasteiger charge is 2.29. The zero-order chi connectivity index (χ0) is 15.8. The second kappa shape index (κ2) is 5.90. The number of aromatic nitrogens is 4. The molecule has 3 aromatic heterocycles. The largest absolute Gasteiger partial charge is 0.385 e. The van der Waals surface area contributed by atoms with Crippen LogP contribution in [-0.4, -0.2) is 38.1 Å². The fourth-order valence-electron chi connectivity index (χ4n) is 3.27. The Morgan fingerprint density at radius 1 is 1.30 bits per heavy atom. The summed E-state index contributed by atoms with van der Waals surface area (Å²) >= 11 is 1.71. The number of aliphatic hydroxyl groups is 1. The molecule has 0 spiro atoms. The molecule has 4 rings (SSSR count). The summed E-state index contributed by atoms with van der Waals surface area (Å²) in [5.74, 6) is 1.93. The van der Waals surface area contributed by atoms with Crippen LogP contribution in [-0.2, 0) is 0 Å². The molecule has 0 aromatic carbocycles. The number of fused-ring (bicyclic) bond motifs is 1. The fourth-order valence-corrected chi connectivity index (χ4v) is 4.29. The molecule has 1 saturated heterocycles. The average Bonchev–Trinajstić information content (AvgIpc) is 3.25. The van der Waals surface area contributed by atoms with Crippen LogP contribution >= 0.6 is 11.3 Å². The van der Waals surface area contributed by atoms with Gasteiger partial charge in [0.15, 0.2) is 0 Å². The van der Waals surface area contributed by atoms with Gasteiger partial charge in [-0.05, 0) is 36.6 Å². The van der Waals surface area contributed by atoms with Crippen LogP contribution in [0.4, 0.5) is 5.82 Å². The second-order valence-corrected chi connectivity index (χ2v) is 6.92. The van der Waals surface area contributed by atoms with Crippen molar-refractivity contribution in [3.8, 4) is 0 Å². The number of hydrogen-bond donors (Lipinski definition) is 2. The minimum Gasteiger partial charge on any atom is -0.385 e. The Balaban J connectivity index is 1.51. The normalized spacial score (nSPS) is 17.7. The number of aryl methyl sites for hydroxylation is 1. The molecule has 0 saturated carbocycles. The highest BCUT2D eigenvalue weighted by Crippen LogP contribution is 2.35. The van der Waals surface area contributed by atoms with Gasteiger partial charge in [0.1, 0.15) is 24.1 Å². The molecule has 1 unspecified atom stereocenters. The Morgan fingerprint density at radius 2 is 2.13 bits per heavy atom. The summed E-state index contributed by atoms with van der Waals surface area (Å²) < 4.78 is 1.16. The number of aliphatic hydroxyl groups excluding tert-OH is 1. The third-order valence-electron chi connectivity index (χ3n) is 4.60. The maximum Gasteiger partial charge on any atom is 0.150 e. The van der Waals surface area contributed by atoms with Crippen molar-refractivity contribution in [1.29, 1.82) is 0 Å². The van der Waals surface area contributed by atoms with Crippen molar-refractivity contribution < 1.29 is 5.11 Å². The predicted octanol–water partition coefficient (Wildman–Crippen LogP) is 2.67. The molecule has 6 nitrogen and oxygen atoms in total. The van der Waals surface area contributed by atoms with Crippen LogP contribution in [0.5, 0.6) is 0 Å². The van der Waals surface area contributed by atoms with Gasteiger partial charge >= 0.3 is 0 Å². The smallest absolute Gasteiger partial charge is 0.150 e. The molecule has 0 aliphatic carbocycles. The van der Waals surface area contributed by atoms with E-state index in [4.69, 9.17) is 0 Å². The van der Waals surface area contributed by atoms with Gasteiger partial charge in [0.2, 0.25) is 0 Å². The molecular weight excluding hydrogens is 310 g/mol. The van der Waals surface area contributed by atoms with Crippen molar-refractivity contribution in [3.63, 3.8) is 0 Å². The van der Waals surface area contributed by atoms with Crippen molar-refractivity contribution >= 4 is 27.4 Å². The molecule has 0 radical (unpaired) electrons. The predicted molar refractivity (Wildman–Crippen MR) is 90.6 cm³/mol. The van der Waals surface area contributed by atoms with Gasteiger partial charge in [-0.15, -0.1) is 11.3 Å². The molecule has 1 aliphatic heterocycles. The standard InChI is InChI=1S/C16H19N5OS/c1-10-8-23-14-12(10)19-9-20-16(14)21-6-2-11(3-7-21)13(22)15-17-4-5-18-15/h4-5,8-9,11,13,22H,2-3,6-7H2,1H3,(H,17,18). The first-order valence-corrected chi connectivity index (χ1v) is 8.73. The van der Waals surface area contributed by atoms with E-state index in [2.05, 4.69) is 37.1 Å². The van der Waals surface area contributed by atoms with Gasteiger partial charge in [-0.25, -0.2) is 15.0 Å². The molecule has 23 heavy (non-hydrogen) atoms. The molecule has 1 aliphatic rings. The number of rotatable bonds is 3. The quantitative estimate of drug-likeness (QED) is 0.772. The fraction of sp³-hybridized carbons (Fsp3) is 0.438. The van der Waals surface area contributed by atoms with E-state index in [0.29, 0.717) is 5.82 Å². The van der Waals surface area contributed by atoms with E-state index < -0.39 is 6.10 Å². The van der Waals surface area contributed by atoms with Gasteiger partial charge in [0, 0.05) is 25.5 Å². The van der Waals surface area contributed by atoms with Crippen molar-refractivity contribution in [2.75, 3.05) is 18.0 Å². The molecule has 7 heteroatoms. The molecule has 4 heterocycles. The second-order valence-electron chi connectivity index (χ2n) is 6.04. The molecular formula is C16H19N5OS. The Labute approximate surface area is 138 Å². The number of aromatic amines is 1. The highest BCUT2D eigenvalue weighted by molar-refractivity contribution is 7.18. The zero-order valence-corrected chi connectivity index (χ0v) is 13.8. The first-order valence-electron chi connectivity index (χ1n) is 7.85. The molecule has 2 N–H and O–H groups in total. The van der Waals surface area contributed by atoms with Crippen molar-refractivity contribution in [3.05, 3.63) is 35.5 Å². The average molecular weight is 329 g/mol.